The molecule has 4 heteroatoms. The van der Waals surface area contributed by atoms with Crippen LogP contribution in [0.3, 0.4) is 0 Å². The molecule has 20 heavy (non-hydrogen) atoms. The number of fused-ring (bicyclic) bond motifs is 3. The minimum absolute atomic E-state index is 0.359. The van der Waals surface area contributed by atoms with Gasteiger partial charge in [0.15, 0.2) is 11.5 Å². The monoisotopic (exact) mass is 274 g/mol. The molecule has 2 unspecified atom stereocenters. The first-order valence-corrected chi connectivity index (χ1v) is 7.65. The van der Waals surface area contributed by atoms with Gasteiger partial charge in [0.25, 0.3) is 0 Å². The largest absolute Gasteiger partial charge is 0.454 e. The van der Waals surface area contributed by atoms with Crippen LogP contribution in [0.2, 0.25) is 0 Å². The van der Waals surface area contributed by atoms with E-state index in [0.717, 1.165) is 30.1 Å². The second-order valence-electron chi connectivity index (χ2n) is 6.20. The third-order valence-electron chi connectivity index (χ3n) is 5.09. The van der Waals surface area contributed by atoms with E-state index < -0.39 is 0 Å². The topological polar surface area (TPSA) is 33.7 Å². The molecule has 2 saturated heterocycles. The number of hydrogen-bond acceptors (Lipinski definition) is 4. The lowest BCUT2D eigenvalue weighted by molar-refractivity contribution is 0.111. The van der Waals surface area contributed by atoms with Crippen LogP contribution in [-0.4, -0.2) is 36.9 Å². The van der Waals surface area contributed by atoms with E-state index in [0.29, 0.717) is 12.8 Å². The van der Waals surface area contributed by atoms with Crippen molar-refractivity contribution in [1.29, 1.82) is 0 Å². The van der Waals surface area contributed by atoms with E-state index in [1.165, 1.54) is 31.2 Å². The van der Waals surface area contributed by atoms with Crippen molar-refractivity contribution in [2.24, 2.45) is 0 Å². The van der Waals surface area contributed by atoms with Crippen molar-refractivity contribution in [3.63, 3.8) is 0 Å². The van der Waals surface area contributed by atoms with E-state index in [-0.39, 0.29) is 0 Å². The van der Waals surface area contributed by atoms with Crippen LogP contribution < -0.4 is 14.8 Å². The molecule has 1 N–H and O–H groups in total. The Morgan fingerprint density at radius 2 is 1.90 bits per heavy atom. The molecule has 2 fully saturated rings. The first-order chi connectivity index (χ1) is 9.83. The van der Waals surface area contributed by atoms with Crippen molar-refractivity contribution < 1.29 is 9.47 Å². The summed E-state index contributed by atoms with van der Waals surface area (Å²) in [6.07, 6.45) is 5.29. The second kappa shape index (κ2) is 4.93. The zero-order valence-electron chi connectivity index (χ0n) is 12.0. The van der Waals surface area contributed by atoms with Gasteiger partial charge in [-0.1, -0.05) is 6.07 Å². The Morgan fingerprint density at radius 1 is 1.15 bits per heavy atom. The minimum atomic E-state index is 0.359. The Labute approximate surface area is 120 Å². The maximum Gasteiger partial charge on any atom is 0.231 e. The Balaban J connectivity index is 1.50. The Morgan fingerprint density at radius 3 is 2.65 bits per heavy atom. The van der Waals surface area contributed by atoms with Crippen LogP contribution in [0.5, 0.6) is 11.5 Å². The van der Waals surface area contributed by atoms with E-state index in [1.54, 1.807) is 0 Å². The van der Waals surface area contributed by atoms with E-state index in [4.69, 9.17) is 9.47 Å². The molecule has 0 spiro atoms. The van der Waals surface area contributed by atoms with Crippen molar-refractivity contribution in [1.82, 2.24) is 10.2 Å². The summed E-state index contributed by atoms with van der Waals surface area (Å²) >= 11 is 0. The summed E-state index contributed by atoms with van der Waals surface area (Å²) in [5.74, 6) is 1.78. The van der Waals surface area contributed by atoms with Gasteiger partial charge in [-0.15, -0.1) is 0 Å². The van der Waals surface area contributed by atoms with Gasteiger partial charge in [0.1, 0.15) is 0 Å². The molecule has 0 saturated carbocycles. The SMILES string of the molecule is CNC1CC2CCC(C1)N2Cc1ccc2c(c1)OCO2. The maximum atomic E-state index is 5.48. The van der Waals surface area contributed by atoms with Gasteiger partial charge in [0.2, 0.25) is 6.79 Å². The molecule has 1 aromatic carbocycles. The molecule has 0 aliphatic carbocycles. The third-order valence-corrected chi connectivity index (χ3v) is 5.09. The van der Waals surface area contributed by atoms with Gasteiger partial charge >= 0.3 is 0 Å². The molecule has 0 radical (unpaired) electrons. The summed E-state index contributed by atoms with van der Waals surface area (Å²) in [7, 11) is 2.09. The van der Waals surface area contributed by atoms with Gasteiger partial charge in [-0.3, -0.25) is 4.90 Å². The Kier molecular flexibility index (Phi) is 3.08. The van der Waals surface area contributed by atoms with E-state index in [2.05, 4.69) is 29.4 Å². The van der Waals surface area contributed by atoms with E-state index in [1.807, 2.05) is 6.07 Å². The number of nitrogens with one attached hydrogen (secondary N) is 1. The molecule has 2 atom stereocenters. The predicted molar refractivity (Wildman–Crippen MR) is 77.0 cm³/mol. The van der Waals surface area contributed by atoms with Crippen LogP contribution in [0.4, 0.5) is 0 Å². The highest BCUT2D eigenvalue weighted by atomic mass is 16.7. The van der Waals surface area contributed by atoms with Crippen LogP contribution in [0.15, 0.2) is 18.2 Å². The predicted octanol–water partition coefficient (Wildman–Crippen LogP) is 2.13. The number of hydrogen-bond donors (Lipinski definition) is 1. The third kappa shape index (κ3) is 2.07. The first kappa shape index (κ1) is 12.5. The summed E-state index contributed by atoms with van der Waals surface area (Å²) in [5, 5.41) is 3.46. The van der Waals surface area contributed by atoms with Crippen molar-refractivity contribution in [2.75, 3.05) is 13.8 Å². The molecular formula is C16H22N2O2. The molecule has 4 rings (SSSR count). The molecule has 3 heterocycles. The Hall–Kier alpha value is -1.26. The van der Waals surface area contributed by atoms with E-state index >= 15 is 0 Å². The highest BCUT2D eigenvalue weighted by molar-refractivity contribution is 5.44. The minimum Gasteiger partial charge on any atom is -0.454 e. The molecule has 108 valence electrons. The first-order valence-electron chi connectivity index (χ1n) is 7.65. The lowest BCUT2D eigenvalue weighted by Crippen LogP contribution is -2.47. The molecule has 4 nitrogen and oxygen atoms in total. The normalized spacial score (nSPS) is 31.8. The number of benzene rings is 1. The van der Waals surface area contributed by atoms with Crippen LogP contribution in [-0.2, 0) is 6.54 Å². The fraction of sp³-hybridized carbons (Fsp3) is 0.625. The molecule has 0 amide bonds. The van der Waals surface area contributed by atoms with Crippen LogP contribution >= 0.6 is 0 Å². The van der Waals surface area contributed by atoms with Crippen molar-refractivity contribution in [3.8, 4) is 11.5 Å². The quantitative estimate of drug-likeness (QED) is 0.915. The molecule has 1 aromatic rings. The van der Waals surface area contributed by atoms with Crippen LogP contribution in [0, 0.1) is 0 Å². The summed E-state index contributed by atoms with van der Waals surface area (Å²) in [5.41, 5.74) is 1.34. The highest BCUT2D eigenvalue weighted by Gasteiger charge is 2.40. The zero-order valence-corrected chi connectivity index (χ0v) is 12.0. The molecule has 2 bridgehead atoms. The van der Waals surface area contributed by atoms with Gasteiger partial charge < -0.3 is 14.8 Å². The fourth-order valence-corrected chi connectivity index (χ4v) is 4.02. The lowest BCUT2D eigenvalue weighted by Gasteiger charge is -2.39. The summed E-state index contributed by atoms with van der Waals surface area (Å²) in [4.78, 5) is 2.70. The summed E-state index contributed by atoms with van der Waals surface area (Å²) < 4.78 is 10.9. The van der Waals surface area contributed by atoms with Crippen molar-refractivity contribution in [2.45, 2.75) is 50.4 Å². The Bertz CT molecular complexity index is 491. The van der Waals surface area contributed by atoms with Crippen molar-refractivity contribution >= 4 is 0 Å². The summed E-state index contributed by atoms with van der Waals surface area (Å²) in [6.45, 7) is 1.40. The number of nitrogens with zero attached hydrogens (tertiary/aromatic N) is 1. The standard InChI is InChI=1S/C16H22N2O2/c1-17-12-7-13-3-4-14(8-12)18(13)9-11-2-5-15-16(6-11)20-10-19-15/h2,5-6,12-14,17H,3-4,7-10H2,1H3. The van der Waals surface area contributed by atoms with Gasteiger partial charge in [0.05, 0.1) is 0 Å². The maximum absolute atomic E-state index is 5.48. The van der Waals surface area contributed by atoms with Gasteiger partial charge in [-0.2, -0.15) is 0 Å². The van der Waals surface area contributed by atoms with Gasteiger partial charge in [-0.05, 0) is 50.4 Å². The molecular weight excluding hydrogens is 252 g/mol. The van der Waals surface area contributed by atoms with Crippen molar-refractivity contribution in [3.05, 3.63) is 23.8 Å². The summed E-state index contributed by atoms with van der Waals surface area (Å²) in [6, 6.07) is 8.57. The smallest absolute Gasteiger partial charge is 0.231 e. The molecule has 0 aromatic heterocycles. The zero-order chi connectivity index (χ0) is 13.5. The highest BCUT2D eigenvalue weighted by Crippen LogP contribution is 2.38. The fourth-order valence-electron chi connectivity index (χ4n) is 4.02. The van der Waals surface area contributed by atoms with Crippen LogP contribution in [0.1, 0.15) is 31.2 Å². The number of piperidine rings is 1. The second-order valence-corrected chi connectivity index (χ2v) is 6.20. The average molecular weight is 274 g/mol. The van der Waals surface area contributed by atoms with Gasteiger partial charge in [0, 0.05) is 24.7 Å². The van der Waals surface area contributed by atoms with E-state index in [9.17, 15) is 0 Å². The lowest BCUT2D eigenvalue weighted by atomic mass is 9.97. The molecule has 3 aliphatic heterocycles. The molecule has 3 aliphatic rings. The van der Waals surface area contributed by atoms with Crippen LogP contribution in [0.25, 0.3) is 0 Å². The van der Waals surface area contributed by atoms with Gasteiger partial charge in [-0.25, -0.2) is 0 Å². The number of rotatable bonds is 3. The number of ether oxygens (including phenoxy) is 2. The average Bonchev–Trinajstić information content (AvgIpc) is 3.01.